The van der Waals surface area contributed by atoms with E-state index in [0.29, 0.717) is 13.1 Å². The van der Waals surface area contributed by atoms with E-state index in [2.05, 4.69) is 5.32 Å². The molecule has 0 bridgehead atoms. The summed E-state index contributed by atoms with van der Waals surface area (Å²) in [6.45, 7) is 7.24. The minimum atomic E-state index is -0.0873. The van der Waals surface area contributed by atoms with E-state index in [0.717, 1.165) is 20.5 Å². The molecule has 21 heavy (non-hydrogen) atoms. The number of urea groups is 1. The Hall–Kier alpha value is -1.52. The predicted octanol–water partition coefficient (Wildman–Crippen LogP) is 5.07. The Labute approximate surface area is 134 Å². The highest BCUT2D eigenvalue weighted by Crippen LogP contribution is 2.23. The van der Waals surface area contributed by atoms with Gasteiger partial charge in [-0.15, -0.1) is 11.3 Å². The van der Waals surface area contributed by atoms with Gasteiger partial charge in [-0.3, -0.25) is 0 Å². The number of hydrogen-bond acceptors (Lipinski definition) is 2. The summed E-state index contributed by atoms with van der Waals surface area (Å²) in [6.07, 6.45) is 0. The number of thiophene rings is 1. The van der Waals surface area contributed by atoms with E-state index in [9.17, 15) is 4.79 Å². The number of carbonyl (C=O) groups excluding carboxylic acids is 1. The van der Waals surface area contributed by atoms with Crippen molar-refractivity contribution in [2.75, 3.05) is 11.9 Å². The number of amides is 2. The first-order valence-corrected chi connectivity index (χ1v) is 8.07. The average Bonchev–Trinajstić information content (AvgIpc) is 2.86. The molecule has 0 unspecified atom stereocenters. The van der Waals surface area contributed by atoms with Gasteiger partial charge in [-0.2, -0.15) is 0 Å². The number of halogens is 1. The van der Waals surface area contributed by atoms with E-state index in [4.69, 9.17) is 11.6 Å². The molecule has 1 aromatic carbocycles. The third kappa shape index (κ3) is 3.99. The fraction of sp³-hybridized carbons (Fsp3) is 0.312. The monoisotopic (exact) mass is 322 g/mol. The summed E-state index contributed by atoms with van der Waals surface area (Å²) < 4.78 is 0.746. The molecule has 1 heterocycles. The first-order valence-electron chi connectivity index (χ1n) is 6.87. The Balaban J connectivity index is 2.08. The van der Waals surface area contributed by atoms with Crippen molar-refractivity contribution >= 4 is 34.7 Å². The topological polar surface area (TPSA) is 32.3 Å². The molecule has 112 valence electrons. The van der Waals surface area contributed by atoms with Gasteiger partial charge in [0.1, 0.15) is 0 Å². The first-order chi connectivity index (χ1) is 10.0. The molecule has 0 atom stereocenters. The summed E-state index contributed by atoms with van der Waals surface area (Å²) in [7, 11) is 0. The van der Waals surface area contributed by atoms with Crippen molar-refractivity contribution < 1.29 is 4.79 Å². The predicted molar refractivity (Wildman–Crippen MR) is 90.3 cm³/mol. The van der Waals surface area contributed by atoms with E-state index in [-0.39, 0.29) is 6.03 Å². The van der Waals surface area contributed by atoms with Crippen LogP contribution in [0.1, 0.15) is 22.9 Å². The van der Waals surface area contributed by atoms with Crippen molar-refractivity contribution in [1.82, 2.24) is 4.90 Å². The van der Waals surface area contributed by atoms with Crippen molar-refractivity contribution in [1.29, 1.82) is 0 Å². The summed E-state index contributed by atoms with van der Waals surface area (Å²) in [5, 5.41) is 2.99. The Kier molecular flexibility index (Phi) is 5.26. The second-order valence-corrected chi connectivity index (χ2v) is 6.70. The molecule has 0 aliphatic carbocycles. The Morgan fingerprint density at radius 1 is 1.29 bits per heavy atom. The summed E-state index contributed by atoms with van der Waals surface area (Å²) in [4.78, 5) is 15.3. The van der Waals surface area contributed by atoms with Crippen molar-refractivity contribution in [3.63, 3.8) is 0 Å². The van der Waals surface area contributed by atoms with Gasteiger partial charge in [0, 0.05) is 17.1 Å². The second-order valence-electron chi connectivity index (χ2n) is 4.90. The highest BCUT2D eigenvalue weighted by atomic mass is 35.5. The van der Waals surface area contributed by atoms with Crippen LogP contribution in [0.2, 0.25) is 4.34 Å². The Bertz CT molecular complexity index is 639. The van der Waals surface area contributed by atoms with Crippen LogP contribution in [0.25, 0.3) is 0 Å². The molecule has 3 nitrogen and oxygen atoms in total. The molecule has 0 fully saturated rings. The standard InChI is InChI=1S/C16H19ClN2OS/c1-4-19(10-13-8-9-15(17)21-13)16(20)18-14-7-5-6-11(2)12(14)3/h5-9H,4,10H2,1-3H3,(H,18,20). The smallest absolute Gasteiger partial charge is 0.320 e. The van der Waals surface area contributed by atoms with Crippen molar-refractivity contribution in [2.24, 2.45) is 0 Å². The van der Waals surface area contributed by atoms with E-state index < -0.39 is 0 Å². The van der Waals surface area contributed by atoms with Crippen LogP contribution in [0, 0.1) is 13.8 Å². The molecule has 1 N–H and O–H groups in total. The first kappa shape index (κ1) is 15.9. The van der Waals surface area contributed by atoms with Crippen LogP contribution < -0.4 is 5.32 Å². The van der Waals surface area contributed by atoms with Crippen LogP contribution in [0.5, 0.6) is 0 Å². The van der Waals surface area contributed by atoms with Crippen LogP contribution in [0.3, 0.4) is 0 Å². The van der Waals surface area contributed by atoms with Crippen molar-refractivity contribution in [3.8, 4) is 0 Å². The van der Waals surface area contributed by atoms with Crippen molar-refractivity contribution in [3.05, 3.63) is 50.7 Å². The Morgan fingerprint density at radius 2 is 2.05 bits per heavy atom. The van der Waals surface area contributed by atoms with Gasteiger partial charge < -0.3 is 10.2 Å². The fourth-order valence-corrected chi connectivity index (χ4v) is 3.14. The fourth-order valence-electron chi connectivity index (χ4n) is 2.03. The normalized spacial score (nSPS) is 10.5. The van der Waals surface area contributed by atoms with Gasteiger partial charge in [-0.25, -0.2) is 4.79 Å². The molecular weight excluding hydrogens is 304 g/mol. The second kappa shape index (κ2) is 6.96. The van der Waals surface area contributed by atoms with E-state index in [1.165, 1.54) is 16.9 Å². The van der Waals surface area contributed by atoms with E-state index >= 15 is 0 Å². The van der Waals surface area contributed by atoms with Gasteiger partial charge in [0.25, 0.3) is 0 Å². The Morgan fingerprint density at radius 3 is 2.67 bits per heavy atom. The molecule has 0 aliphatic heterocycles. The SMILES string of the molecule is CCN(Cc1ccc(Cl)s1)C(=O)Nc1cccc(C)c1C. The van der Waals surface area contributed by atoms with Gasteiger partial charge in [-0.05, 0) is 50.1 Å². The summed E-state index contributed by atoms with van der Waals surface area (Å²) >= 11 is 7.44. The average molecular weight is 323 g/mol. The molecule has 2 rings (SSSR count). The molecule has 2 amide bonds. The maximum Gasteiger partial charge on any atom is 0.322 e. The molecule has 1 aromatic heterocycles. The third-order valence-electron chi connectivity index (χ3n) is 3.49. The molecular formula is C16H19ClN2OS. The van der Waals surface area contributed by atoms with E-state index in [1.54, 1.807) is 4.90 Å². The number of anilines is 1. The van der Waals surface area contributed by atoms with Crippen LogP contribution >= 0.6 is 22.9 Å². The molecule has 5 heteroatoms. The third-order valence-corrected chi connectivity index (χ3v) is 4.71. The number of benzene rings is 1. The lowest BCUT2D eigenvalue weighted by Crippen LogP contribution is -2.34. The minimum Gasteiger partial charge on any atom is -0.320 e. The molecule has 0 saturated heterocycles. The maximum atomic E-state index is 12.4. The zero-order valence-electron chi connectivity index (χ0n) is 12.4. The lowest BCUT2D eigenvalue weighted by atomic mass is 10.1. The van der Waals surface area contributed by atoms with E-state index in [1.807, 2.05) is 51.1 Å². The number of aryl methyl sites for hydroxylation is 1. The lowest BCUT2D eigenvalue weighted by Gasteiger charge is -2.21. The lowest BCUT2D eigenvalue weighted by molar-refractivity contribution is 0.212. The number of rotatable bonds is 4. The summed E-state index contributed by atoms with van der Waals surface area (Å²) in [5.41, 5.74) is 3.13. The van der Waals surface area contributed by atoms with Gasteiger partial charge in [0.05, 0.1) is 10.9 Å². The van der Waals surface area contributed by atoms with Gasteiger partial charge in [-0.1, -0.05) is 23.7 Å². The maximum absolute atomic E-state index is 12.4. The molecule has 0 spiro atoms. The largest absolute Gasteiger partial charge is 0.322 e. The van der Waals surface area contributed by atoms with Crippen molar-refractivity contribution in [2.45, 2.75) is 27.3 Å². The van der Waals surface area contributed by atoms with Crippen LogP contribution in [0.4, 0.5) is 10.5 Å². The van der Waals surface area contributed by atoms with Crippen LogP contribution in [-0.2, 0) is 6.54 Å². The molecule has 0 radical (unpaired) electrons. The van der Waals surface area contributed by atoms with Gasteiger partial charge in [0.2, 0.25) is 0 Å². The number of carbonyl (C=O) groups is 1. The zero-order chi connectivity index (χ0) is 15.4. The highest BCUT2D eigenvalue weighted by Gasteiger charge is 2.14. The van der Waals surface area contributed by atoms with Gasteiger partial charge >= 0.3 is 6.03 Å². The highest BCUT2D eigenvalue weighted by molar-refractivity contribution is 7.16. The summed E-state index contributed by atoms with van der Waals surface area (Å²) in [6, 6.07) is 9.65. The summed E-state index contributed by atoms with van der Waals surface area (Å²) in [5.74, 6) is 0. The quantitative estimate of drug-likeness (QED) is 0.837. The molecule has 0 aliphatic rings. The number of nitrogens with zero attached hydrogens (tertiary/aromatic N) is 1. The zero-order valence-corrected chi connectivity index (χ0v) is 14.0. The number of nitrogens with one attached hydrogen (secondary N) is 1. The van der Waals surface area contributed by atoms with Gasteiger partial charge in [0.15, 0.2) is 0 Å². The minimum absolute atomic E-state index is 0.0873. The van der Waals surface area contributed by atoms with Crippen LogP contribution in [-0.4, -0.2) is 17.5 Å². The number of hydrogen-bond donors (Lipinski definition) is 1. The molecule has 0 saturated carbocycles. The van der Waals surface area contributed by atoms with Crippen LogP contribution in [0.15, 0.2) is 30.3 Å². The molecule has 2 aromatic rings.